The van der Waals surface area contributed by atoms with Crippen molar-refractivity contribution in [3.8, 4) is 16.9 Å². The smallest absolute Gasteiger partial charge is 0.251 e. The van der Waals surface area contributed by atoms with Crippen LogP contribution in [0.5, 0.6) is 5.75 Å². The predicted octanol–water partition coefficient (Wildman–Crippen LogP) is 4.17. The molecule has 1 saturated carbocycles. The molecule has 5 rings (SSSR count). The molecule has 0 atom stereocenters. The third-order valence-electron chi connectivity index (χ3n) is 5.40. The van der Waals surface area contributed by atoms with Gasteiger partial charge in [-0.3, -0.25) is 4.79 Å². The SMILES string of the molecule is COc1c(N)cc(-c2cccc(C(=O)NC3CC3)c2)c2c1[nH]c1ncc(C)cc12. The standard InChI is InChI=1S/C23H22N4O2/c1-12-8-17-19-16(10-18(24)21(29-2)20(19)27-22(17)25-11-12)13-4-3-5-14(9-13)23(28)26-15-6-7-15/h3-5,8-11,15H,6-7,24H2,1-2H3,(H,25,27)(H,26,28). The fourth-order valence-corrected chi connectivity index (χ4v) is 3.83. The summed E-state index contributed by atoms with van der Waals surface area (Å²) in [7, 11) is 1.61. The van der Waals surface area contributed by atoms with E-state index in [9.17, 15) is 4.79 Å². The summed E-state index contributed by atoms with van der Waals surface area (Å²) in [6.07, 6.45) is 3.95. The lowest BCUT2D eigenvalue weighted by Crippen LogP contribution is -2.25. The minimum atomic E-state index is -0.0384. The Morgan fingerprint density at radius 2 is 2.10 bits per heavy atom. The van der Waals surface area contributed by atoms with Crippen molar-refractivity contribution >= 4 is 33.5 Å². The molecular weight excluding hydrogens is 364 g/mol. The second-order valence-electron chi connectivity index (χ2n) is 7.66. The van der Waals surface area contributed by atoms with Gasteiger partial charge in [0.15, 0.2) is 5.75 Å². The number of amides is 1. The number of rotatable bonds is 4. The van der Waals surface area contributed by atoms with Crippen LogP contribution in [-0.4, -0.2) is 29.0 Å². The highest BCUT2D eigenvalue weighted by molar-refractivity contribution is 6.17. The van der Waals surface area contributed by atoms with Crippen molar-refractivity contribution < 1.29 is 9.53 Å². The maximum Gasteiger partial charge on any atom is 0.251 e. The number of aromatic nitrogens is 2. The van der Waals surface area contributed by atoms with Crippen LogP contribution in [0.25, 0.3) is 33.1 Å². The van der Waals surface area contributed by atoms with Gasteiger partial charge >= 0.3 is 0 Å². The minimum absolute atomic E-state index is 0.0384. The lowest BCUT2D eigenvalue weighted by atomic mass is 9.96. The van der Waals surface area contributed by atoms with Gasteiger partial charge in [-0.25, -0.2) is 4.98 Å². The summed E-state index contributed by atoms with van der Waals surface area (Å²) in [5.74, 6) is 0.561. The van der Waals surface area contributed by atoms with Gasteiger partial charge in [0.1, 0.15) is 5.65 Å². The monoisotopic (exact) mass is 386 g/mol. The Hall–Kier alpha value is -3.54. The molecule has 1 aliphatic rings. The van der Waals surface area contributed by atoms with Crippen LogP contribution in [0, 0.1) is 6.92 Å². The lowest BCUT2D eigenvalue weighted by molar-refractivity contribution is 0.0951. The minimum Gasteiger partial charge on any atom is -0.492 e. The average molecular weight is 386 g/mol. The number of nitrogen functional groups attached to an aromatic ring is 1. The van der Waals surface area contributed by atoms with Crippen LogP contribution in [0.15, 0.2) is 42.6 Å². The molecule has 1 amide bonds. The molecule has 29 heavy (non-hydrogen) atoms. The Labute approximate surface area is 168 Å². The molecular formula is C23H22N4O2. The third kappa shape index (κ3) is 2.97. The van der Waals surface area contributed by atoms with Gasteiger partial charge in [-0.2, -0.15) is 0 Å². The Balaban J connectivity index is 1.75. The van der Waals surface area contributed by atoms with Crippen LogP contribution in [0.4, 0.5) is 5.69 Å². The van der Waals surface area contributed by atoms with Crippen LogP contribution in [-0.2, 0) is 0 Å². The first-order valence-corrected chi connectivity index (χ1v) is 9.71. The normalized spacial score (nSPS) is 13.7. The number of nitrogens with one attached hydrogen (secondary N) is 2. The van der Waals surface area contributed by atoms with Crippen molar-refractivity contribution in [3.05, 3.63) is 53.7 Å². The van der Waals surface area contributed by atoms with Gasteiger partial charge in [0.25, 0.3) is 5.91 Å². The van der Waals surface area contributed by atoms with Crippen molar-refractivity contribution in [2.75, 3.05) is 12.8 Å². The molecule has 2 aromatic carbocycles. The summed E-state index contributed by atoms with van der Waals surface area (Å²) < 4.78 is 5.57. The number of anilines is 1. The zero-order valence-corrected chi connectivity index (χ0v) is 16.4. The molecule has 0 aliphatic heterocycles. The number of nitrogens with zero attached hydrogens (tertiary/aromatic N) is 1. The number of aromatic amines is 1. The molecule has 0 bridgehead atoms. The first kappa shape index (κ1) is 17.6. The van der Waals surface area contributed by atoms with E-state index in [0.717, 1.165) is 51.5 Å². The van der Waals surface area contributed by atoms with Crippen LogP contribution in [0.3, 0.4) is 0 Å². The lowest BCUT2D eigenvalue weighted by Gasteiger charge is -2.12. The summed E-state index contributed by atoms with van der Waals surface area (Å²) in [6, 6.07) is 12.0. The highest BCUT2D eigenvalue weighted by Gasteiger charge is 2.24. The van der Waals surface area contributed by atoms with E-state index in [4.69, 9.17) is 10.5 Å². The first-order chi connectivity index (χ1) is 14.0. The van der Waals surface area contributed by atoms with E-state index in [-0.39, 0.29) is 5.91 Å². The molecule has 1 fully saturated rings. The maximum absolute atomic E-state index is 12.5. The molecule has 0 unspecified atom stereocenters. The van der Waals surface area contributed by atoms with E-state index in [0.29, 0.717) is 23.0 Å². The number of carbonyl (C=O) groups is 1. The number of methoxy groups -OCH3 is 1. The molecule has 0 radical (unpaired) electrons. The van der Waals surface area contributed by atoms with Crippen LogP contribution < -0.4 is 15.8 Å². The van der Waals surface area contributed by atoms with E-state index < -0.39 is 0 Å². The van der Waals surface area contributed by atoms with Gasteiger partial charge in [-0.1, -0.05) is 12.1 Å². The summed E-state index contributed by atoms with van der Waals surface area (Å²) in [4.78, 5) is 20.4. The molecule has 146 valence electrons. The summed E-state index contributed by atoms with van der Waals surface area (Å²) >= 11 is 0. The van der Waals surface area contributed by atoms with Crippen LogP contribution in [0.2, 0.25) is 0 Å². The fourth-order valence-electron chi connectivity index (χ4n) is 3.83. The second kappa shape index (κ2) is 6.51. The zero-order valence-electron chi connectivity index (χ0n) is 16.4. The molecule has 2 aromatic heterocycles. The number of H-pyrrole nitrogens is 1. The molecule has 0 spiro atoms. The highest BCUT2D eigenvalue weighted by Crippen LogP contribution is 2.42. The zero-order chi connectivity index (χ0) is 20.1. The molecule has 4 aromatic rings. The third-order valence-corrected chi connectivity index (χ3v) is 5.40. The molecule has 1 aliphatic carbocycles. The second-order valence-corrected chi connectivity index (χ2v) is 7.66. The first-order valence-electron chi connectivity index (χ1n) is 9.71. The van der Waals surface area contributed by atoms with E-state index in [2.05, 4.69) is 21.4 Å². The Bertz CT molecular complexity index is 1270. The number of carbonyl (C=O) groups excluding carboxylic acids is 1. The van der Waals surface area contributed by atoms with E-state index in [1.54, 1.807) is 7.11 Å². The maximum atomic E-state index is 12.5. The number of aryl methyl sites for hydroxylation is 1. The fraction of sp³-hybridized carbons (Fsp3) is 0.217. The number of pyridine rings is 1. The number of benzene rings is 2. The van der Waals surface area contributed by atoms with Gasteiger partial charge in [-0.05, 0) is 60.7 Å². The van der Waals surface area contributed by atoms with Crippen molar-refractivity contribution in [2.24, 2.45) is 0 Å². The van der Waals surface area contributed by atoms with Gasteiger partial charge < -0.3 is 20.8 Å². The van der Waals surface area contributed by atoms with Crippen LogP contribution >= 0.6 is 0 Å². The Kier molecular flexibility index (Phi) is 3.94. The summed E-state index contributed by atoms with van der Waals surface area (Å²) in [6.45, 7) is 2.02. The Morgan fingerprint density at radius 1 is 1.28 bits per heavy atom. The van der Waals surface area contributed by atoms with Crippen molar-refractivity contribution in [1.29, 1.82) is 0 Å². The average Bonchev–Trinajstić information content (AvgIpc) is 3.46. The van der Waals surface area contributed by atoms with Crippen LogP contribution in [0.1, 0.15) is 28.8 Å². The largest absolute Gasteiger partial charge is 0.492 e. The number of hydrogen-bond acceptors (Lipinski definition) is 4. The number of nitrogens with two attached hydrogens (primary N) is 1. The van der Waals surface area contributed by atoms with Gasteiger partial charge in [0, 0.05) is 28.6 Å². The van der Waals surface area contributed by atoms with Gasteiger partial charge in [0.05, 0.1) is 18.3 Å². The van der Waals surface area contributed by atoms with Gasteiger partial charge in [-0.15, -0.1) is 0 Å². The molecule has 6 heteroatoms. The van der Waals surface area contributed by atoms with E-state index in [1.807, 2.05) is 43.5 Å². The number of fused-ring (bicyclic) bond motifs is 3. The highest BCUT2D eigenvalue weighted by atomic mass is 16.5. The van der Waals surface area contributed by atoms with Gasteiger partial charge in [0.2, 0.25) is 0 Å². The number of hydrogen-bond donors (Lipinski definition) is 3. The predicted molar refractivity (Wildman–Crippen MR) is 115 cm³/mol. The quantitative estimate of drug-likeness (QED) is 0.459. The van der Waals surface area contributed by atoms with E-state index >= 15 is 0 Å². The van der Waals surface area contributed by atoms with E-state index in [1.165, 1.54) is 0 Å². The number of ether oxygens (including phenoxy) is 1. The summed E-state index contributed by atoms with van der Waals surface area (Å²) in [5.41, 5.74) is 12.0. The van der Waals surface area contributed by atoms with Crippen molar-refractivity contribution in [2.45, 2.75) is 25.8 Å². The topological polar surface area (TPSA) is 93.0 Å². The Morgan fingerprint density at radius 3 is 2.86 bits per heavy atom. The molecule has 0 saturated heterocycles. The van der Waals surface area contributed by atoms with Crippen molar-refractivity contribution in [3.63, 3.8) is 0 Å². The molecule has 4 N–H and O–H groups in total. The molecule has 2 heterocycles. The molecule has 6 nitrogen and oxygen atoms in total. The van der Waals surface area contributed by atoms with Crippen molar-refractivity contribution in [1.82, 2.24) is 15.3 Å². The summed E-state index contributed by atoms with van der Waals surface area (Å²) in [5, 5.41) is 5.04.